The van der Waals surface area contributed by atoms with Crippen LogP contribution in [0.4, 0.5) is 0 Å². The molecule has 1 aliphatic carbocycles. The Labute approximate surface area is 110 Å². The van der Waals surface area contributed by atoms with Gasteiger partial charge in [0.05, 0.1) is 0 Å². The molecule has 1 atom stereocenters. The molecule has 96 valence electrons. The lowest BCUT2D eigenvalue weighted by Crippen LogP contribution is -2.34. The van der Waals surface area contributed by atoms with Crippen LogP contribution in [0.2, 0.25) is 0 Å². The summed E-state index contributed by atoms with van der Waals surface area (Å²) in [7, 11) is 2.14. The molecule has 0 radical (unpaired) electrons. The Hall–Kier alpha value is -0.340. The highest BCUT2D eigenvalue weighted by atomic mass is 32.1. The summed E-state index contributed by atoms with van der Waals surface area (Å²) in [6, 6.07) is 5.19. The molecule has 0 aliphatic heterocycles. The van der Waals surface area contributed by atoms with Gasteiger partial charge in [-0.1, -0.05) is 25.3 Å². The van der Waals surface area contributed by atoms with Gasteiger partial charge >= 0.3 is 0 Å². The lowest BCUT2D eigenvalue weighted by molar-refractivity contribution is 0.265. The Balaban J connectivity index is 1.71. The molecule has 0 amide bonds. The van der Waals surface area contributed by atoms with Gasteiger partial charge in [0.1, 0.15) is 0 Å². The van der Waals surface area contributed by atoms with E-state index in [-0.39, 0.29) is 0 Å². The molecule has 2 rings (SSSR count). The fourth-order valence-corrected chi connectivity index (χ4v) is 3.85. The normalized spacial score (nSPS) is 19.4. The summed E-state index contributed by atoms with van der Waals surface area (Å²) in [5.41, 5.74) is 0. The average Bonchev–Trinajstić information content (AvgIpc) is 2.89. The number of rotatable bonds is 6. The predicted octanol–water partition coefficient (Wildman–Crippen LogP) is 4.24. The number of aryl methyl sites for hydroxylation is 1. The maximum absolute atomic E-state index is 3.56. The zero-order chi connectivity index (χ0) is 11.9. The number of thiophene rings is 1. The maximum Gasteiger partial charge on any atom is 0.00924 e. The van der Waals surface area contributed by atoms with Crippen LogP contribution in [0.15, 0.2) is 17.5 Å². The van der Waals surface area contributed by atoms with E-state index in [1.54, 1.807) is 4.88 Å². The van der Waals surface area contributed by atoms with E-state index < -0.39 is 0 Å². The average molecular weight is 251 g/mol. The van der Waals surface area contributed by atoms with E-state index >= 15 is 0 Å². The van der Waals surface area contributed by atoms with Gasteiger partial charge in [-0.25, -0.2) is 0 Å². The topological polar surface area (TPSA) is 12.0 Å². The Morgan fingerprint density at radius 3 is 2.82 bits per heavy atom. The van der Waals surface area contributed by atoms with E-state index in [0.717, 1.165) is 12.0 Å². The molecule has 0 spiro atoms. The van der Waals surface area contributed by atoms with Crippen LogP contribution in [0.25, 0.3) is 0 Å². The molecule has 1 fully saturated rings. The highest BCUT2D eigenvalue weighted by Gasteiger charge is 2.21. The van der Waals surface area contributed by atoms with E-state index in [0.29, 0.717) is 0 Å². The molecule has 1 N–H and O–H groups in total. The summed E-state index contributed by atoms with van der Waals surface area (Å²) < 4.78 is 0. The molecule has 1 saturated carbocycles. The second-order valence-corrected chi connectivity index (χ2v) is 6.30. The molecule has 1 aliphatic rings. The molecule has 0 aromatic carbocycles. The van der Waals surface area contributed by atoms with Crippen molar-refractivity contribution in [2.75, 3.05) is 7.05 Å². The van der Waals surface area contributed by atoms with Gasteiger partial charge in [-0.05, 0) is 56.5 Å². The summed E-state index contributed by atoms with van der Waals surface area (Å²) in [6.07, 6.45) is 11.2. The predicted molar refractivity (Wildman–Crippen MR) is 76.7 cm³/mol. The van der Waals surface area contributed by atoms with Crippen molar-refractivity contribution in [1.82, 2.24) is 5.32 Å². The van der Waals surface area contributed by atoms with Crippen molar-refractivity contribution in [3.8, 4) is 0 Å². The van der Waals surface area contributed by atoms with Crippen LogP contribution in [0.5, 0.6) is 0 Å². The quantitative estimate of drug-likeness (QED) is 0.797. The van der Waals surface area contributed by atoms with Crippen molar-refractivity contribution in [2.45, 2.75) is 57.4 Å². The minimum absolute atomic E-state index is 0.760. The Morgan fingerprint density at radius 2 is 2.18 bits per heavy atom. The molecular formula is C15H25NS. The lowest BCUT2D eigenvalue weighted by Gasteiger charge is -2.30. The van der Waals surface area contributed by atoms with Crippen LogP contribution in [0, 0.1) is 5.92 Å². The molecule has 1 nitrogen and oxygen atoms in total. The first-order valence-electron chi connectivity index (χ1n) is 7.10. The first-order chi connectivity index (χ1) is 8.40. The monoisotopic (exact) mass is 251 g/mol. The van der Waals surface area contributed by atoms with Crippen molar-refractivity contribution in [2.24, 2.45) is 5.92 Å². The number of nitrogens with one attached hydrogen (secondary N) is 1. The SMILES string of the molecule is CNC(CCCc1cccs1)C1CCCCC1. The third kappa shape index (κ3) is 4.11. The van der Waals surface area contributed by atoms with E-state index in [9.17, 15) is 0 Å². The summed E-state index contributed by atoms with van der Waals surface area (Å²) >= 11 is 1.90. The summed E-state index contributed by atoms with van der Waals surface area (Å²) in [6.45, 7) is 0. The van der Waals surface area contributed by atoms with Crippen LogP contribution in [-0.2, 0) is 6.42 Å². The molecule has 0 bridgehead atoms. The van der Waals surface area contributed by atoms with Crippen LogP contribution >= 0.6 is 11.3 Å². The molecular weight excluding hydrogens is 226 g/mol. The molecule has 1 unspecified atom stereocenters. The summed E-state index contributed by atoms with van der Waals surface area (Å²) in [4.78, 5) is 1.54. The molecule has 1 heterocycles. The zero-order valence-electron chi connectivity index (χ0n) is 11.0. The highest BCUT2D eigenvalue weighted by Crippen LogP contribution is 2.28. The molecule has 1 aromatic heterocycles. The fraction of sp³-hybridized carbons (Fsp3) is 0.733. The van der Waals surface area contributed by atoms with Gasteiger partial charge in [0.25, 0.3) is 0 Å². The summed E-state index contributed by atoms with van der Waals surface area (Å²) in [5.74, 6) is 0.942. The first-order valence-corrected chi connectivity index (χ1v) is 7.98. The van der Waals surface area contributed by atoms with Gasteiger partial charge in [-0.15, -0.1) is 11.3 Å². The smallest absolute Gasteiger partial charge is 0.00924 e. The van der Waals surface area contributed by atoms with Gasteiger partial charge in [0.15, 0.2) is 0 Å². The Morgan fingerprint density at radius 1 is 1.35 bits per heavy atom. The van der Waals surface area contributed by atoms with Gasteiger partial charge in [-0.2, -0.15) is 0 Å². The Kier molecular flexibility index (Phi) is 5.53. The third-order valence-corrected chi connectivity index (χ3v) is 5.04. The molecule has 17 heavy (non-hydrogen) atoms. The molecule has 2 heteroatoms. The number of hydrogen-bond acceptors (Lipinski definition) is 2. The fourth-order valence-electron chi connectivity index (χ4n) is 3.10. The van der Waals surface area contributed by atoms with Crippen molar-refractivity contribution in [3.63, 3.8) is 0 Å². The maximum atomic E-state index is 3.56. The molecule has 0 saturated heterocycles. The van der Waals surface area contributed by atoms with Crippen LogP contribution < -0.4 is 5.32 Å². The van der Waals surface area contributed by atoms with Gasteiger partial charge in [0, 0.05) is 10.9 Å². The minimum atomic E-state index is 0.760. The zero-order valence-corrected chi connectivity index (χ0v) is 11.8. The van der Waals surface area contributed by atoms with Crippen molar-refractivity contribution in [1.29, 1.82) is 0 Å². The van der Waals surface area contributed by atoms with Crippen molar-refractivity contribution >= 4 is 11.3 Å². The largest absolute Gasteiger partial charge is 0.317 e. The first kappa shape index (κ1) is 13.1. The second kappa shape index (κ2) is 7.17. The Bertz CT molecular complexity index is 288. The summed E-state index contributed by atoms with van der Waals surface area (Å²) in [5, 5.41) is 5.74. The van der Waals surface area contributed by atoms with Gasteiger partial charge < -0.3 is 5.32 Å². The van der Waals surface area contributed by atoms with Crippen LogP contribution in [0.3, 0.4) is 0 Å². The van der Waals surface area contributed by atoms with E-state index in [1.165, 1.54) is 51.4 Å². The standard InChI is InChI=1S/C15H25NS/c1-16-15(13-7-3-2-4-8-13)11-5-9-14-10-6-12-17-14/h6,10,12-13,15-16H,2-5,7-9,11H2,1H3. The van der Waals surface area contributed by atoms with E-state index in [1.807, 2.05) is 11.3 Å². The van der Waals surface area contributed by atoms with E-state index in [2.05, 4.69) is 29.9 Å². The highest BCUT2D eigenvalue weighted by molar-refractivity contribution is 7.09. The van der Waals surface area contributed by atoms with Crippen molar-refractivity contribution in [3.05, 3.63) is 22.4 Å². The van der Waals surface area contributed by atoms with Gasteiger partial charge in [0.2, 0.25) is 0 Å². The minimum Gasteiger partial charge on any atom is -0.317 e. The lowest BCUT2D eigenvalue weighted by atomic mass is 9.82. The van der Waals surface area contributed by atoms with Crippen LogP contribution in [0.1, 0.15) is 49.8 Å². The number of hydrogen-bond donors (Lipinski definition) is 1. The van der Waals surface area contributed by atoms with E-state index in [4.69, 9.17) is 0 Å². The van der Waals surface area contributed by atoms with Crippen LogP contribution in [-0.4, -0.2) is 13.1 Å². The third-order valence-electron chi connectivity index (χ3n) is 4.11. The van der Waals surface area contributed by atoms with Gasteiger partial charge in [-0.3, -0.25) is 0 Å². The second-order valence-electron chi connectivity index (χ2n) is 5.26. The van der Waals surface area contributed by atoms with Crippen molar-refractivity contribution < 1.29 is 0 Å². The molecule has 1 aromatic rings.